The van der Waals surface area contributed by atoms with Gasteiger partial charge in [0, 0.05) is 5.92 Å². The van der Waals surface area contributed by atoms with Crippen LogP contribution >= 0.6 is 0 Å². The number of nitrogens with two attached hydrogens (primary N) is 2. The van der Waals surface area contributed by atoms with Gasteiger partial charge in [-0.15, -0.1) is 0 Å². The molecule has 0 bridgehead atoms. The third kappa shape index (κ3) is 1.95. The molecule has 0 radical (unpaired) electrons. The van der Waals surface area contributed by atoms with E-state index in [-0.39, 0.29) is 6.17 Å². The first-order chi connectivity index (χ1) is 10.3. The minimum Gasteiger partial charge on any atom is -0.316 e. The Morgan fingerprint density at radius 1 is 0.857 bits per heavy atom. The van der Waals surface area contributed by atoms with E-state index in [1.807, 2.05) is 0 Å². The third-order valence-electron chi connectivity index (χ3n) is 4.88. The molecule has 1 atom stereocenters. The lowest BCUT2D eigenvalue weighted by molar-refractivity contribution is 0.473. The van der Waals surface area contributed by atoms with Gasteiger partial charge in [-0.1, -0.05) is 48.5 Å². The molecular formula is C19H20N2. The van der Waals surface area contributed by atoms with Gasteiger partial charge in [0.2, 0.25) is 0 Å². The quantitative estimate of drug-likeness (QED) is 0.526. The molecule has 0 aromatic heterocycles. The third-order valence-corrected chi connectivity index (χ3v) is 4.88. The first-order valence-corrected chi connectivity index (χ1v) is 7.70. The lowest BCUT2D eigenvalue weighted by Gasteiger charge is -2.29. The van der Waals surface area contributed by atoms with E-state index in [1.165, 1.54) is 39.1 Å². The Morgan fingerprint density at radius 2 is 1.67 bits per heavy atom. The van der Waals surface area contributed by atoms with Crippen LogP contribution in [0.2, 0.25) is 0 Å². The van der Waals surface area contributed by atoms with Crippen molar-refractivity contribution in [2.24, 2.45) is 11.5 Å². The average molecular weight is 276 g/mol. The van der Waals surface area contributed by atoms with Gasteiger partial charge in [0.05, 0.1) is 6.17 Å². The summed E-state index contributed by atoms with van der Waals surface area (Å²) < 4.78 is 0. The molecule has 3 aromatic rings. The molecule has 0 amide bonds. The van der Waals surface area contributed by atoms with Gasteiger partial charge in [-0.2, -0.15) is 0 Å². The monoisotopic (exact) mass is 276 g/mol. The molecule has 4 N–H and O–H groups in total. The van der Waals surface area contributed by atoms with E-state index in [9.17, 15) is 0 Å². The van der Waals surface area contributed by atoms with Crippen molar-refractivity contribution < 1.29 is 0 Å². The van der Waals surface area contributed by atoms with E-state index < -0.39 is 0 Å². The molecule has 0 saturated carbocycles. The first-order valence-electron chi connectivity index (χ1n) is 7.70. The van der Waals surface area contributed by atoms with E-state index in [0.29, 0.717) is 5.92 Å². The van der Waals surface area contributed by atoms with Crippen LogP contribution in [0.1, 0.15) is 29.9 Å². The Labute approximate surface area is 124 Å². The molecule has 2 nitrogen and oxygen atoms in total. The molecule has 0 spiro atoms. The maximum atomic E-state index is 5.99. The molecule has 3 aromatic carbocycles. The van der Waals surface area contributed by atoms with Gasteiger partial charge in [0.15, 0.2) is 0 Å². The standard InChI is InChI=1S/C19H20N2/c20-19(21)18-7-3-6-14-16-9-8-12-4-1-2-5-13(12)15(16)10-11-17(14)18/h1-2,4-5,8-11,18-19H,3,6-7,20-21H2. The van der Waals surface area contributed by atoms with Crippen molar-refractivity contribution in [1.29, 1.82) is 0 Å². The van der Waals surface area contributed by atoms with Crippen LogP contribution in [0.5, 0.6) is 0 Å². The van der Waals surface area contributed by atoms with E-state index >= 15 is 0 Å². The molecule has 0 saturated heterocycles. The molecule has 0 fully saturated rings. The van der Waals surface area contributed by atoms with Crippen molar-refractivity contribution in [3.8, 4) is 0 Å². The van der Waals surface area contributed by atoms with E-state index in [4.69, 9.17) is 11.5 Å². The van der Waals surface area contributed by atoms with Gasteiger partial charge in [0.25, 0.3) is 0 Å². The molecule has 106 valence electrons. The zero-order valence-corrected chi connectivity index (χ0v) is 12.0. The number of fused-ring (bicyclic) bond motifs is 5. The molecule has 0 aliphatic heterocycles. The van der Waals surface area contributed by atoms with E-state index in [0.717, 1.165) is 12.8 Å². The Morgan fingerprint density at radius 3 is 2.52 bits per heavy atom. The van der Waals surface area contributed by atoms with Crippen LogP contribution in [0, 0.1) is 0 Å². The highest BCUT2D eigenvalue weighted by Crippen LogP contribution is 2.38. The normalized spacial score (nSPS) is 18.3. The molecule has 1 aliphatic rings. The second-order valence-electron chi connectivity index (χ2n) is 6.09. The summed E-state index contributed by atoms with van der Waals surface area (Å²) in [5.41, 5.74) is 14.8. The van der Waals surface area contributed by atoms with Crippen LogP contribution in [-0.4, -0.2) is 6.17 Å². The minimum absolute atomic E-state index is 0.262. The number of hydrogen-bond acceptors (Lipinski definition) is 2. The summed E-state index contributed by atoms with van der Waals surface area (Å²) in [7, 11) is 0. The van der Waals surface area contributed by atoms with Crippen LogP contribution in [0.4, 0.5) is 0 Å². The fourth-order valence-electron chi connectivity index (χ4n) is 3.85. The van der Waals surface area contributed by atoms with Crippen molar-refractivity contribution in [1.82, 2.24) is 0 Å². The molecule has 0 heterocycles. The molecule has 1 aliphatic carbocycles. The van der Waals surface area contributed by atoms with Crippen molar-refractivity contribution in [3.05, 3.63) is 59.7 Å². The summed E-state index contributed by atoms with van der Waals surface area (Å²) in [6.07, 6.45) is 3.15. The van der Waals surface area contributed by atoms with Crippen molar-refractivity contribution in [2.75, 3.05) is 0 Å². The van der Waals surface area contributed by atoms with E-state index in [2.05, 4.69) is 48.5 Å². The summed E-state index contributed by atoms with van der Waals surface area (Å²) in [5.74, 6) is 0.296. The summed E-state index contributed by atoms with van der Waals surface area (Å²) in [4.78, 5) is 0. The Balaban J connectivity index is 2.04. The molecule has 21 heavy (non-hydrogen) atoms. The Bertz CT molecular complexity index is 820. The van der Waals surface area contributed by atoms with Crippen molar-refractivity contribution in [2.45, 2.75) is 31.3 Å². The molecule has 1 unspecified atom stereocenters. The summed E-state index contributed by atoms with van der Waals surface area (Å²) in [6.45, 7) is 0. The van der Waals surface area contributed by atoms with Gasteiger partial charge in [0.1, 0.15) is 0 Å². The van der Waals surface area contributed by atoms with Crippen LogP contribution in [-0.2, 0) is 6.42 Å². The number of benzene rings is 3. The maximum Gasteiger partial charge on any atom is 0.0591 e. The van der Waals surface area contributed by atoms with Gasteiger partial charge in [-0.3, -0.25) is 0 Å². The average Bonchev–Trinajstić information content (AvgIpc) is 2.53. The molecule has 4 rings (SSSR count). The number of rotatable bonds is 1. The second kappa shape index (κ2) is 4.83. The SMILES string of the molecule is NC(N)C1CCCc2c1ccc1c2ccc2ccccc21. The number of hydrogen-bond donors (Lipinski definition) is 2. The summed E-state index contributed by atoms with van der Waals surface area (Å²) >= 11 is 0. The topological polar surface area (TPSA) is 52.0 Å². The fourth-order valence-corrected chi connectivity index (χ4v) is 3.85. The highest BCUT2D eigenvalue weighted by molar-refractivity contribution is 6.08. The first kappa shape index (κ1) is 12.8. The Hall–Kier alpha value is -1.90. The number of aryl methyl sites for hydroxylation is 1. The van der Waals surface area contributed by atoms with Crippen LogP contribution in [0.15, 0.2) is 48.5 Å². The van der Waals surface area contributed by atoms with E-state index in [1.54, 1.807) is 0 Å². The Kier molecular flexibility index (Phi) is 2.95. The zero-order valence-electron chi connectivity index (χ0n) is 12.0. The fraction of sp³-hybridized carbons (Fsp3) is 0.263. The lowest BCUT2D eigenvalue weighted by atomic mass is 9.79. The second-order valence-corrected chi connectivity index (χ2v) is 6.09. The van der Waals surface area contributed by atoms with Gasteiger partial charge in [-0.05, 0) is 51.9 Å². The predicted molar refractivity (Wildman–Crippen MR) is 89.3 cm³/mol. The largest absolute Gasteiger partial charge is 0.316 e. The van der Waals surface area contributed by atoms with Gasteiger partial charge in [-0.25, -0.2) is 0 Å². The zero-order chi connectivity index (χ0) is 14.4. The van der Waals surface area contributed by atoms with Gasteiger partial charge < -0.3 is 11.5 Å². The van der Waals surface area contributed by atoms with Gasteiger partial charge >= 0.3 is 0 Å². The van der Waals surface area contributed by atoms with Crippen molar-refractivity contribution in [3.63, 3.8) is 0 Å². The molecule has 2 heteroatoms. The summed E-state index contributed by atoms with van der Waals surface area (Å²) in [6, 6.07) is 17.6. The highest BCUT2D eigenvalue weighted by Gasteiger charge is 2.25. The molecular weight excluding hydrogens is 256 g/mol. The van der Waals surface area contributed by atoms with Crippen LogP contribution in [0.3, 0.4) is 0 Å². The van der Waals surface area contributed by atoms with Crippen LogP contribution in [0.25, 0.3) is 21.5 Å². The smallest absolute Gasteiger partial charge is 0.0591 e. The lowest BCUT2D eigenvalue weighted by Crippen LogP contribution is -2.38. The highest BCUT2D eigenvalue weighted by atomic mass is 14.9. The van der Waals surface area contributed by atoms with Crippen molar-refractivity contribution >= 4 is 21.5 Å². The van der Waals surface area contributed by atoms with Crippen LogP contribution < -0.4 is 11.5 Å². The predicted octanol–water partition coefficient (Wildman–Crippen LogP) is 3.66. The minimum atomic E-state index is -0.262. The summed E-state index contributed by atoms with van der Waals surface area (Å²) in [5, 5.41) is 5.35. The maximum absolute atomic E-state index is 5.99.